The first-order valence-corrected chi connectivity index (χ1v) is 6.50. The molecule has 0 saturated carbocycles. The monoisotopic (exact) mass is 233 g/mol. The Morgan fingerprint density at radius 1 is 1.35 bits per heavy atom. The van der Waals surface area contributed by atoms with Gasteiger partial charge in [-0.1, -0.05) is 26.8 Å². The van der Waals surface area contributed by atoms with Crippen LogP contribution in [0.2, 0.25) is 0 Å². The van der Waals surface area contributed by atoms with Gasteiger partial charge in [0.25, 0.3) is 0 Å². The van der Waals surface area contributed by atoms with Gasteiger partial charge in [0.1, 0.15) is 5.82 Å². The molecule has 3 heteroatoms. The minimum Gasteiger partial charge on any atom is -0.366 e. The highest BCUT2D eigenvalue weighted by molar-refractivity contribution is 5.38. The maximum absolute atomic E-state index is 4.70. The Morgan fingerprint density at radius 2 is 2.18 bits per heavy atom. The number of nitrogens with zero attached hydrogens (tertiary/aromatic N) is 1. The molecule has 0 radical (unpaired) electrons. The highest BCUT2D eigenvalue weighted by Gasteiger charge is 2.17. The number of nitrogens with one attached hydrogen (secondary N) is 2. The van der Waals surface area contributed by atoms with Crippen molar-refractivity contribution in [1.29, 1.82) is 0 Å². The third kappa shape index (κ3) is 3.43. The Kier molecular flexibility index (Phi) is 3.67. The molecule has 3 nitrogen and oxygen atoms in total. The second-order valence-electron chi connectivity index (χ2n) is 5.85. The van der Waals surface area contributed by atoms with Crippen molar-refractivity contribution in [2.75, 3.05) is 18.4 Å². The number of pyridine rings is 1. The molecule has 1 unspecified atom stereocenters. The van der Waals surface area contributed by atoms with Crippen LogP contribution in [0.1, 0.15) is 39.3 Å². The topological polar surface area (TPSA) is 37.0 Å². The van der Waals surface area contributed by atoms with E-state index in [4.69, 9.17) is 4.98 Å². The maximum Gasteiger partial charge on any atom is 0.126 e. The minimum atomic E-state index is 0.114. The van der Waals surface area contributed by atoms with E-state index in [-0.39, 0.29) is 5.41 Å². The van der Waals surface area contributed by atoms with Crippen molar-refractivity contribution >= 4 is 5.82 Å². The summed E-state index contributed by atoms with van der Waals surface area (Å²) in [4.78, 5) is 4.70. The van der Waals surface area contributed by atoms with Gasteiger partial charge in [0.05, 0.1) is 0 Å². The van der Waals surface area contributed by atoms with E-state index < -0.39 is 0 Å². The molecule has 1 saturated heterocycles. The minimum absolute atomic E-state index is 0.114. The lowest BCUT2D eigenvalue weighted by molar-refractivity contribution is 0.478. The fraction of sp³-hybridized carbons (Fsp3) is 0.643. The molecular formula is C14H23N3. The van der Waals surface area contributed by atoms with E-state index in [1.54, 1.807) is 0 Å². The lowest BCUT2D eigenvalue weighted by atomic mass is 9.92. The van der Waals surface area contributed by atoms with Gasteiger partial charge in [0.2, 0.25) is 0 Å². The highest BCUT2D eigenvalue weighted by Crippen LogP contribution is 2.21. The molecule has 2 rings (SSSR count). The summed E-state index contributed by atoms with van der Waals surface area (Å²) in [5.74, 6) is 1.01. The van der Waals surface area contributed by atoms with Gasteiger partial charge in [-0.25, -0.2) is 4.98 Å². The SMILES string of the molecule is CC(C)(C)c1cccc(NC2CCCNC2)n1. The number of aromatic nitrogens is 1. The summed E-state index contributed by atoms with van der Waals surface area (Å²) >= 11 is 0. The van der Waals surface area contributed by atoms with Crippen LogP contribution in [0.4, 0.5) is 5.82 Å². The second kappa shape index (κ2) is 5.05. The summed E-state index contributed by atoms with van der Waals surface area (Å²) in [7, 11) is 0. The van der Waals surface area contributed by atoms with Crippen molar-refractivity contribution in [3.8, 4) is 0 Å². The van der Waals surface area contributed by atoms with Gasteiger partial charge < -0.3 is 10.6 Å². The number of rotatable bonds is 2. The van der Waals surface area contributed by atoms with Gasteiger partial charge in [0.15, 0.2) is 0 Å². The standard InChI is InChI=1S/C14H23N3/c1-14(2,3)12-7-4-8-13(17-12)16-11-6-5-9-15-10-11/h4,7-8,11,15H,5-6,9-10H2,1-3H3,(H,16,17). The van der Waals surface area contributed by atoms with Crippen LogP contribution in [0.15, 0.2) is 18.2 Å². The molecule has 1 aliphatic rings. The summed E-state index contributed by atoms with van der Waals surface area (Å²) < 4.78 is 0. The molecular weight excluding hydrogens is 210 g/mol. The first-order chi connectivity index (χ1) is 8.05. The molecule has 1 aromatic heterocycles. The second-order valence-corrected chi connectivity index (χ2v) is 5.85. The van der Waals surface area contributed by atoms with Crippen LogP contribution in [0.25, 0.3) is 0 Å². The van der Waals surface area contributed by atoms with Crippen molar-refractivity contribution in [1.82, 2.24) is 10.3 Å². The Balaban J connectivity index is 2.05. The first kappa shape index (κ1) is 12.4. The molecule has 1 fully saturated rings. The van der Waals surface area contributed by atoms with Crippen molar-refractivity contribution in [2.24, 2.45) is 0 Å². The van der Waals surface area contributed by atoms with Crippen LogP contribution < -0.4 is 10.6 Å². The summed E-state index contributed by atoms with van der Waals surface area (Å²) in [6.07, 6.45) is 2.48. The number of anilines is 1. The highest BCUT2D eigenvalue weighted by atomic mass is 15.1. The van der Waals surface area contributed by atoms with E-state index in [2.05, 4.69) is 49.6 Å². The van der Waals surface area contributed by atoms with Gasteiger partial charge in [-0.05, 0) is 31.5 Å². The fourth-order valence-corrected chi connectivity index (χ4v) is 2.12. The lowest BCUT2D eigenvalue weighted by Gasteiger charge is -2.25. The van der Waals surface area contributed by atoms with Crippen LogP contribution >= 0.6 is 0 Å². The Hall–Kier alpha value is -1.09. The average molecular weight is 233 g/mol. The van der Waals surface area contributed by atoms with Gasteiger partial charge in [-0.2, -0.15) is 0 Å². The van der Waals surface area contributed by atoms with Crippen LogP contribution in [0.3, 0.4) is 0 Å². The third-order valence-electron chi connectivity index (χ3n) is 3.17. The van der Waals surface area contributed by atoms with Crippen molar-refractivity contribution < 1.29 is 0 Å². The normalized spacial score (nSPS) is 21.2. The molecule has 0 amide bonds. The average Bonchev–Trinajstić information content (AvgIpc) is 2.29. The first-order valence-electron chi connectivity index (χ1n) is 6.50. The Labute approximate surface area is 104 Å². The predicted molar refractivity (Wildman–Crippen MR) is 72.5 cm³/mol. The third-order valence-corrected chi connectivity index (χ3v) is 3.17. The Morgan fingerprint density at radius 3 is 2.82 bits per heavy atom. The van der Waals surface area contributed by atoms with Gasteiger partial charge in [-0.15, -0.1) is 0 Å². The quantitative estimate of drug-likeness (QED) is 0.824. The summed E-state index contributed by atoms with van der Waals surface area (Å²) in [6, 6.07) is 6.77. The van der Waals surface area contributed by atoms with E-state index in [0.717, 1.165) is 24.6 Å². The van der Waals surface area contributed by atoms with E-state index in [0.29, 0.717) is 6.04 Å². The van der Waals surface area contributed by atoms with E-state index in [9.17, 15) is 0 Å². The van der Waals surface area contributed by atoms with Crippen LogP contribution in [-0.2, 0) is 5.41 Å². The molecule has 1 aromatic rings. The maximum atomic E-state index is 4.70. The molecule has 94 valence electrons. The number of hydrogen-bond acceptors (Lipinski definition) is 3. The van der Waals surface area contributed by atoms with Gasteiger partial charge >= 0.3 is 0 Å². The molecule has 1 aliphatic heterocycles. The molecule has 0 aliphatic carbocycles. The molecule has 0 spiro atoms. The largest absolute Gasteiger partial charge is 0.366 e. The zero-order valence-corrected chi connectivity index (χ0v) is 11.1. The lowest BCUT2D eigenvalue weighted by Crippen LogP contribution is -2.38. The number of hydrogen-bond donors (Lipinski definition) is 2. The number of piperidine rings is 1. The zero-order valence-electron chi connectivity index (χ0n) is 11.1. The van der Waals surface area contributed by atoms with Gasteiger partial charge in [-0.3, -0.25) is 0 Å². The predicted octanol–water partition coefficient (Wildman–Crippen LogP) is 2.54. The fourth-order valence-electron chi connectivity index (χ4n) is 2.12. The molecule has 2 heterocycles. The van der Waals surface area contributed by atoms with E-state index >= 15 is 0 Å². The smallest absolute Gasteiger partial charge is 0.126 e. The molecule has 17 heavy (non-hydrogen) atoms. The molecule has 2 N–H and O–H groups in total. The van der Waals surface area contributed by atoms with Crippen LogP contribution in [0.5, 0.6) is 0 Å². The summed E-state index contributed by atoms with van der Waals surface area (Å²) in [6.45, 7) is 8.78. The molecule has 1 atom stereocenters. The molecule has 0 aromatic carbocycles. The molecule has 0 bridgehead atoms. The summed E-state index contributed by atoms with van der Waals surface area (Å²) in [5, 5.41) is 6.93. The summed E-state index contributed by atoms with van der Waals surface area (Å²) in [5.41, 5.74) is 1.26. The van der Waals surface area contributed by atoms with Crippen molar-refractivity contribution in [2.45, 2.75) is 45.1 Å². The van der Waals surface area contributed by atoms with Crippen molar-refractivity contribution in [3.05, 3.63) is 23.9 Å². The van der Waals surface area contributed by atoms with Crippen LogP contribution in [0, 0.1) is 0 Å². The van der Waals surface area contributed by atoms with Gasteiger partial charge in [0, 0.05) is 23.7 Å². The van der Waals surface area contributed by atoms with Crippen LogP contribution in [-0.4, -0.2) is 24.1 Å². The van der Waals surface area contributed by atoms with E-state index in [1.807, 2.05) is 0 Å². The Bertz CT molecular complexity index is 362. The zero-order chi connectivity index (χ0) is 12.3. The van der Waals surface area contributed by atoms with Crippen molar-refractivity contribution in [3.63, 3.8) is 0 Å². The van der Waals surface area contributed by atoms with E-state index in [1.165, 1.54) is 12.8 Å².